The maximum atomic E-state index is 12.4. The minimum absolute atomic E-state index is 0.0590. The highest BCUT2D eigenvalue weighted by Crippen LogP contribution is 2.41. The van der Waals surface area contributed by atoms with E-state index in [9.17, 15) is 4.79 Å². The van der Waals surface area contributed by atoms with Crippen molar-refractivity contribution in [3.63, 3.8) is 0 Å². The van der Waals surface area contributed by atoms with Gasteiger partial charge in [-0.3, -0.25) is 4.79 Å². The van der Waals surface area contributed by atoms with Crippen LogP contribution in [0, 0.1) is 0 Å². The highest BCUT2D eigenvalue weighted by molar-refractivity contribution is 7.99. The smallest absolute Gasteiger partial charge is 0.283 e. The lowest BCUT2D eigenvalue weighted by molar-refractivity contribution is 0.428. The van der Waals surface area contributed by atoms with Crippen molar-refractivity contribution in [3.8, 4) is 0 Å². The van der Waals surface area contributed by atoms with Crippen LogP contribution in [0.25, 0.3) is 0 Å². The fraction of sp³-hybridized carbons (Fsp3) is 0.625. The lowest BCUT2D eigenvalue weighted by atomic mass is 9.99. The first kappa shape index (κ1) is 15.8. The molecule has 1 saturated carbocycles. The van der Waals surface area contributed by atoms with Crippen molar-refractivity contribution in [3.05, 3.63) is 28.6 Å². The van der Waals surface area contributed by atoms with E-state index < -0.39 is 0 Å². The minimum atomic E-state index is -0.0590. The Morgan fingerprint density at radius 1 is 1.33 bits per heavy atom. The van der Waals surface area contributed by atoms with Crippen molar-refractivity contribution in [1.82, 2.24) is 29.6 Å². The van der Waals surface area contributed by atoms with E-state index in [1.807, 2.05) is 6.92 Å². The Labute approximate surface area is 144 Å². The van der Waals surface area contributed by atoms with E-state index in [1.54, 1.807) is 17.0 Å². The quantitative estimate of drug-likeness (QED) is 0.890. The minimum Gasteiger partial charge on any atom is -0.316 e. The van der Waals surface area contributed by atoms with Crippen LogP contribution in [-0.2, 0) is 6.54 Å². The summed E-state index contributed by atoms with van der Waals surface area (Å²) in [6.07, 6.45) is 8.05. The first-order valence-corrected chi connectivity index (χ1v) is 9.48. The molecule has 0 aromatic carbocycles. The molecule has 2 aromatic rings. The highest BCUT2D eigenvalue weighted by Gasteiger charge is 2.33. The summed E-state index contributed by atoms with van der Waals surface area (Å²) < 4.78 is 3.92. The molecule has 0 amide bonds. The van der Waals surface area contributed by atoms with Crippen LogP contribution >= 0.6 is 11.8 Å². The second-order valence-electron chi connectivity index (χ2n) is 6.41. The molecule has 0 spiro atoms. The summed E-state index contributed by atoms with van der Waals surface area (Å²) >= 11 is 1.35. The molecule has 1 aliphatic carbocycles. The van der Waals surface area contributed by atoms with Gasteiger partial charge in [0, 0.05) is 37.4 Å². The van der Waals surface area contributed by atoms with E-state index in [0.29, 0.717) is 23.5 Å². The third-order valence-electron chi connectivity index (χ3n) is 4.68. The fourth-order valence-electron chi connectivity index (χ4n) is 3.22. The van der Waals surface area contributed by atoms with Crippen LogP contribution in [-0.4, -0.2) is 37.4 Å². The highest BCUT2D eigenvalue weighted by atomic mass is 32.2. The van der Waals surface area contributed by atoms with Gasteiger partial charge in [-0.05, 0) is 50.9 Å². The van der Waals surface area contributed by atoms with Crippen LogP contribution in [0.4, 0.5) is 0 Å². The Bertz CT molecular complexity index is 775. The van der Waals surface area contributed by atoms with Gasteiger partial charge in [0.1, 0.15) is 5.82 Å². The predicted octanol–water partition coefficient (Wildman–Crippen LogP) is 1.81. The van der Waals surface area contributed by atoms with Crippen molar-refractivity contribution in [1.29, 1.82) is 0 Å². The molecule has 1 N–H and O–H groups in total. The second kappa shape index (κ2) is 6.68. The molecular formula is C16H22N6OS. The molecule has 1 atom stereocenters. The van der Waals surface area contributed by atoms with Gasteiger partial charge in [0.15, 0.2) is 10.2 Å². The Hall–Kier alpha value is -1.67. The van der Waals surface area contributed by atoms with Gasteiger partial charge in [0.2, 0.25) is 0 Å². The average molecular weight is 346 g/mol. The monoisotopic (exact) mass is 346 g/mol. The molecule has 1 saturated heterocycles. The number of nitrogens with zero attached hydrogens (tertiary/aromatic N) is 5. The van der Waals surface area contributed by atoms with Gasteiger partial charge >= 0.3 is 0 Å². The Kier molecular flexibility index (Phi) is 4.41. The maximum absolute atomic E-state index is 12.4. The molecule has 2 aliphatic rings. The Morgan fingerprint density at radius 2 is 2.21 bits per heavy atom. The molecule has 128 valence electrons. The predicted molar refractivity (Wildman–Crippen MR) is 91.4 cm³/mol. The lowest BCUT2D eigenvalue weighted by Crippen LogP contribution is -2.30. The van der Waals surface area contributed by atoms with Gasteiger partial charge in [-0.25, -0.2) is 4.98 Å². The van der Waals surface area contributed by atoms with Crippen LogP contribution in [0.1, 0.15) is 50.4 Å². The van der Waals surface area contributed by atoms with Gasteiger partial charge < -0.3 is 14.5 Å². The molecular weight excluding hydrogens is 324 g/mol. The van der Waals surface area contributed by atoms with Crippen LogP contribution < -0.4 is 10.9 Å². The van der Waals surface area contributed by atoms with Crippen molar-refractivity contribution < 1.29 is 0 Å². The average Bonchev–Trinajstić information content (AvgIpc) is 3.38. The molecule has 2 aromatic heterocycles. The summed E-state index contributed by atoms with van der Waals surface area (Å²) in [5, 5.41) is 13.6. The number of nitrogens with one attached hydrogen (secondary N) is 1. The molecule has 7 nitrogen and oxygen atoms in total. The van der Waals surface area contributed by atoms with Crippen LogP contribution in [0.3, 0.4) is 0 Å². The van der Waals surface area contributed by atoms with Gasteiger partial charge in [-0.2, -0.15) is 0 Å². The van der Waals surface area contributed by atoms with E-state index in [0.717, 1.165) is 30.5 Å². The maximum Gasteiger partial charge on any atom is 0.283 e. The third-order valence-corrected chi connectivity index (χ3v) is 5.61. The standard InChI is InChI=1S/C16H22N6OS/c1-2-21-9-8-18-14(15(21)23)24-16-20-19-13(22(16)12-5-6-12)11-4-3-7-17-10-11/h8-9,11-12,17H,2-7,10H2,1H3/t11-/m0/s1. The second-order valence-corrected chi connectivity index (χ2v) is 7.37. The van der Waals surface area contributed by atoms with Gasteiger partial charge in [0.05, 0.1) is 0 Å². The summed E-state index contributed by atoms with van der Waals surface area (Å²) in [5.41, 5.74) is -0.0590. The molecule has 8 heteroatoms. The van der Waals surface area contributed by atoms with Crippen LogP contribution in [0.2, 0.25) is 0 Å². The summed E-state index contributed by atoms with van der Waals surface area (Å²) in [5.74, 6) is 1.48. The van der Waals surface area contributed by atoms with E-state index in [4.69, 9.17) is 0 Å². The van der Waals surface area contributed by atoms with Crippen LogP contribution in [0.5, 0.6) is 0 Å². The molecule has 0 unspecified atom stereocenters. The molecule has 2 fully saturated rings. The number of rotatable bonds is 5. The number of hydrogen-bond acceptors (Lipinski definition) is 6. The van der Waals surface area contributed by atoms with Crippen molar-refractivity contribution in [2.24, 2.45) is 0 Å². The van der Waals surface area contributed by atoms with Gasteiger partial charge in [-0.1, -0.05) is 0 Å². The summed E-state index contributed by atoms with van der Waals surface area (Å²) in [6, 6.07) is 0.483. The van der Waals surface area contributed by atoms with E-state index in [1.165, 1.54) is 31.0 Å². The van der Waals surface area contributed by atoms with Gasteiger partial charge in [-0.15, -0.1) is 10.2 Å². The molecule has 0 radical (unpaired) electrons. The zero-order valence-electron chi connectivity index (χ0n) is 13.8. The Morgan fingerprint density at radius 3 is 2.92 bits per heavy atom. The summed E-state index contributed by atoms with van der Waals surface area (Å²) in [6.45, 7) is 4.64. The number of aromatic nitrogens is 5. The van der Waals surface area contributed by atoms with E-state index in [2.05, 4.69) is 25.1 Å². The summed E-state index contributed by atoms with van der Waals surface area (Å²) in [4.78, 5) is 16.7. The molecule has 0 bridgehead atoms. The number of piperidine rings is 1. The topological polar surface area (TPSA) is 77.6 Å². The fourth-order valence-corrected chi connectivity index (χ4v) is 4.13. The van der Waals surface area contributed by atoms with E-state index in [-0.39, 0.29) is 5.56 Å². The van der Waals surface area contributed by atoms with Crippen molar-refractivity contribution in [2.75, 3.05) is 13.1 Å². The van der Waals surface area contributed by atoms with Crippen molar-refractivity contribution >= 4 is 11.8 Å². The number of aryl methyl sites for hydroxylation is 1. The summed E-state index contributed by atoms with van der Waals surface area (Å²) in [7, 11) is 0. The third kappa shape index (κ3) is 3.00. The number of hydrogen-bond donors (Lipinski definition) is 1. The molecule has 3 heterocycles. The zero-order valence-corrected chi connectivity index (χ0v) is 14.6. The van der Waals surface area contributed by atoms with Crippen molar-refractivity contribution in [2.45, 2.75) is 61.3 Å². The molecule has 24 heavy (non-hydrogen) atoms. The Balaban J connectivity index is 1.66. The van der Waals surface area contributed by atoms with Crippen LogP contribution in [0.15, 0.2) is 27.4 Å². The lowest BCUT2D eigenvalue weighted by Gasteiger charge is -2.22. The van der Waals surface area contributed by atoms with Gasteiger partial charge in [0.25, 0.3) is 5.56 Å². The largest absolute Gasteiger partial charge is 0.316 e. The zero-order chi connectivity index (χ0) is 16.5. The van der Waals surface area contributed by atoms with E-state index >= 15 is 0 Å². The SMILES string of the molecule is CCn1ccnc(Sc2nnc([C@H]3CCCNC3)n2C2CC2)c1=O. The normalized spacial score (nSPS) is 21.1. The first-order valence-electron chi connectivity index (χ1n) is 8.66. The molecule has 1 aliphatic heterocycles. The first-order chi connectivity index (χ1) is 11.8. The molecule has 4 rings (SSSR count).